The maximum absolute atomic E-state index is 13.5. The molecule has 1 N–H and O–H groups in total. The van der Waals surface area contributed by atoms with Gasteiger partial charge in [-0.3, -0.25) is 4.79 Å². The van der Waals surface area contributed by atoms with Gasteiger partial charge in [-0.1, -0.05) is 6.92 Å². The summed E-state index contributed by atoms with van der Waals surface area (Å²) in [5, 5.41) is 10.9. The zero-order chi connectivity index (χ0) is 15.3. The first-order valence-electron chi connectivity index (χ1n) is 5.84. The van der Waals surface area contributed by atoms with E-state index in [1.54, 1.807) is 6.92 Å². The zero-order valence-corrected chi connectivity index (χ0v) is 10.6. The van der Waals surface area contributed by atoms with Gasteiger partial charge in [-0.15, -0.1) is 0 Å². The Labute approximate surface area is 113 Å². The van der Waals surface area contributed by atoms with Crippen molar-refractivity contribution in [3.8, 4) is 6.07 Å². The van der Waals surface area contributed by atoms with Gasteiger partial charge in [-0.25, -0.2) is 4.39 Å². The maximum Gasteiger partial charge on any atom is 0.416 e. The van der Waals surface area contributed by atoms with Gasteiger partial charge in [0.15, 0.2) is 0 Å². The summed E-state index contributed by atoms with van der Waals surface area (Å²) in [5.74, 6) is -2.00. The summed E-state index contributed by atoms with van der Waals surface area (Å²) in [6.07, 6.45) is -4.23. The molecule has 1 amide bonds. The SMILES string of the molecule is CCC(CC#N)NC(=O)c1cc(C(F)(F)F)ccc1F. The van der Waals surface area contributed by atoms with Crippen molar-refractivity contribution in [2.75, 3.05) is 0 Å². The number of nitrogens with zero attached hydrogens (tertiary/aromatic N) is 1. The highest BCUT2D eigenvalue weighted by molar-refractivity contribution is 5.94. The molecule has 1 aromatic rings. The molecule has 0 heterocycles. The summed E-state index contributed by atoms with van der Waals surface area (Å²) in [4.78, 5) is 11.8. The van der Waals surface area contributed by atoms with Crippen molar-refractivity contribution < 1.29 is 22.4 Å². The monoisotopic (exact) mass is 288 g/mol. The number of carbonyl (C=O) groups excluding carboxylic acids is 1. The first-order chi connectivity index (χ1) is 9.29. The van der Waals surface area contributed by atoms with E-state index in [1.165, 1.54) is 0 Å². The molecule has 20 heavy (non-hydrogen) atoms. The fraction of sp³-hybridized carbons (Fsp3) is 0.385. The highest BCUT2D eigenvalue weighted by atomic mass is 19.4. The second-order valence-electron chi connectivity index (χ2n) is 4.13. The summed E-state index contributed by atoms with van der Waals surface area (Å²) >= 11 is 0. The Bertz CT molecular complexity index is 534. The molecule has 1 aromatic carbocycles. The van der Waals surface area contributed by atoms with Gasteiger partial charge in [0.05, 0.1) is 23.6 Å². The average Bonchev–Trinajstić information content (AvgIpc) is 2.37. The highest BCUT2D eigenvalue weighted by Gasteiger charge is 2.32. The van der Waals surface area contributed by atoms with Crippen LogP contribution in [0.2, 0.25) is 0 Å². The van der Waals surface area contributed by atoms with E-state index in [0.29, 0.717) is 24.6 Å². The number of nitrogens with one attached hydrogen (secondary N) is 1. The highest BCUT2D eigenvalue weighted by Crippen LogP contribution is 2.30. The van der Waals surface area contributed by atoms with Crippen LogP contribution in [0.5, 0.6) is 0 Å². The van der Waals surface area contributed by atoms with Crippen LogP contribution >= 0.6 is 0 Å². The minimum atomic E-state index is -4.65. The predicted octanol–water partition coefficient (Wildman–Crippen LogP) is 3.27. The quantitative estimate of drug-likeness (QED) is 0.864. The van der Waals surface area contributed by atoms with E-state index in [4.69, 9.17) is 5.26 Å². The van der Waals surface area contributed by atoms with Crippen LogP contribution in [0.3, 0.4) is 0 Å². The Morgan fingerprint density at radius 2 is 2.10 bits per heavy atom. The first kappa shape index (κ1) is 16.0. The number of halogens is 4. The number of rotatable bonds is 4. The lowest BCUT2D eigenvalue weighted by Gasteiger charge is -2.15. The van der Waals surface area contributed by atoms with Crippen LogP contribution < -0.4 is 5.32 Å². The van der Waals surface area contributed by atoms with E-state index in [-0.39, 0.29) is 6.42 Å². The van der Waals surface area contributed by atoms with Crippen molar-refractivity contribution in [2.45, 2.75) is 32.0 Å². The van der Waals surface area contributed by atoms with Gasteiger partial charge in [0, 0.05) is 6.04 Å². The fourth-order valence-corrected chi connectivity index (χ4v) is 1.55. The molecule has 1 rings (SSSR count). The normalized spacial score (nSPS) is 12.6. The molecule has 0 spiro atoms. The van der Waals surface area contributed by atoms with Crippen molar-refractivity contribution in [3.63, 3.8) is 0 Å². The van der Waals surface area contributed by atoms with Crippen LogP contribution in [0.15, 0.2) is 18.2 Å². The number of amides is 1. The van der Waals surface area contributed by atoms with Gasteiger partial charge >= 0.3 is 6.18 Å². The first-order valence-corrected chi connectivity index (χ1v) is 5.84. The van der Waals surface area contributed by atoms with Crippen LogP contribution in [-0.4, -0.2) is 11.9 Å². The molecular weight excluding hydrogens is 276 g/mol. The molecule has 1 unspecified atom stereocenters. The van der Waals surface area contributed by atoms with Crippen molar-refractivity contribution in [1.82, 2.24) is 5.32 Å². The molecule has 3 nitrogen and oxygen atoms in total. The molecule has 0 aliphatic rings. The number of carbonyl (C=O) groups is 1. The summed E-state index contributed by atoms with van der Waals surface area (Å²) < 4.78 is 51.0. The van der Waals surface area contributed by atoms with Crippen LogP contribution in [0.4, 0.5) is 17.6 Å². The summed E-state index contributed by atoms with van der Waals surface area (Å²) in [6.45, 7) is 1.70. The predicted molar refractivity (Wildman–Crippen MR) is 63.2 cm³/mol. The van der Waals surface area contributed by atoms with Crippen molar-refractivity contribution in [2.24, 2.45) is 0 Å². The Morgan fingerprint density at radius 1 is 1.45 bits per heavy atom. The second kappa shape index (κ2) is 6.37. The maximum atomic E-state index is 13.5. The number of alkyl halides is 3. The van der Waals surface area contributed by atoms with Gasteiger partial charge in [0.25, 0.3) is 5.91 Å². The molecule has 1 atom stereocenters. The topological polar surface area (TPSA) is 52.9 Å². The Kier molecular flexibility index (Phi) is 5.08. The fourth-order valence-electron chi connectivity index (χ4n) is 1.55. The largest absolute Gasteiger partial charge is 0.416 e. The number of hydrogen-bond acceptors (Lipinski definition) is 2. The molecule has 0 bridgehead atoms. The minimum absolute atomic E-state index is 0.00280. The number of hydrogen-bond donors (Lipinski definition) is 1. The number of benzene rings is 1. The molecule has 0 fully saturated rings. The van der Waals surface area contributed by atoms with Crippen molar-refractivity contribution in [3.05, 3.63) is 35.1 Å². The molecule has 7 heteroatoms. The van der Waals surface area contributed by atoms with Gasteiger partial charge in [-0.2, -0.15) is 18.4 Å². The minimum Gasteiger partial charge on any atom is -0.348 e. The number of nitriles is 1. The van der Waals surface area contributed by atoms with Crippen molar-refractivity contribution >= 4 is 5.91 Å². The van der Waals surface area contributed by atoms with Crippen LogP contribution in [-0.2, 0) is 6.18 Å². The van der Waals surface area contributed by atoms with E-state index in [2.05, 4.69) is 5.32 Å². The lowest BCUT2D eigenvalue weighted by molar-refractivity contribution is -0.137. The molecule has 108 valence electrons. The Hall–Kier alpha value is -2.10. The van der Waals surface area contributed by atoms with E-state index >= 15 is 0 Å². The van der Waals surface area contributed by atoms with Gasteiger partial charge in [-0.05, 0) is 24.6 Å². The Balaban J connectivity index is 3.01. The third-order valence-corrected chi connectivity index (χ3v) is 2.70. The molecule has 0 saturated heterocycles. The molecular formula is C13H12F4N2O. The second-order valence-corrected chi connectivity index (χ2v) is 4.13. The summed E-state index contributed by atoms with van der Waals surface area (Å²) in [6, 6.07) is 2.94. The van der Waals surface area contributed by atoms with Crippen LogP contribution in [0.25, 0.3) is 0 Å². The van der Waals surface area contributed by atoms with E-state index in [0.717, 1.165) is 0 Å². The molecule has 0 aliphatic carbocycles. The third kappa shape index (κ3) is 3.95. The van der Waals surface area contributed by atoms with Crippen LogP contribution in [0, 0.1) is 17.1 Å². The smallest absolute Gasteiger partial charge is 0.348 e. The van der Waals surface area contributed by atoms with E-state index in [1.807, 2.05) is 6.07 Å². The van der Waals surface area contributed by atoms with Crippen molar-refractivity contribution in [1.29, 1.82) is 5.26 Å². The van der Waals surface area contributed by atoms with E-state index in [9.17, 15) is 22.4 Å². The average molecular weight is 288 g/mol. The van der Waals surface area contributed by atoms with Gasteiger partial charge < -0.3 is 5.32 Å². The zero-order valence-electron chi connectivity index (χ0n) is 10.6. The third-order valence-electron chi connectivity index (χ3n) is 2.70. The molecule has 0 aromatic heterocycles. The van der Waals surface area contributed by atoms with Crippen LogP contribution in [0.1, 0.15) is 35.7 Å². The standard InChI is InChI=1S/C13H12F4N2O/c1-2-9(5-6-18)19-12(20)10-7-8(13(15,16)17)3-4-11(10)14/h3-4,7,9H,2,5H2,1H3,(H,19,20). The van der Waals surface area contributed by atoms with E-state index < -0.39 is 35.1 Å². The summed E-state index contributed by atoms with van der Waals surface area (Å²) in [5.41, 5.74) is -1.78. The lowest BCUT2D eigenvalue weighted by atomic mass is 10.1. The molecule has 0 aliphatic heterocycles. The molecule has 0 radical (unpaired) electrons. The van der Waals surface area contributed by atoms with Gasteiger partial charge in [0.1, 0.15) is 5.82 Å². The molecule has 0 saturated carbocycles. The van der Waals surface area contributed by atoms with Gasteiger partial charge in [0.2, 0.25) is 0 Å². The lowest BCUT2D eigenvalue weighted by Crippen LogP contribution is -2.34. The summed E-state index contributed by atoms with van der Waals surface area (Å²) in [7, 11) is 0. The Morgan fingerprint density at radius 3 is 2.60 bits per heavy atom.